The molecule has 0 saturated carbocycles. The van der Waals surface area contributed by atoms with Crippen LogP contribution in [0.1, 0.15) is 28.4 Å². The number of ether oxygens (including phenoxy) is 2. The fourth-order valence-electron chi connectivity index (χ4n) is 3.86. The topological polar surface area (TPSA) is 94.9 Å². The molecular weight excluding hydrogens is 456 g/mol. The Kier molecular flexibility index (Phi) is 6.56. The lowest BCUT2D eigenvalue weighted by atomic mass is 10.1. The zero-order valence-electron chi connectivity index (χ0n) is 18.8. The molecule has 2 heterocycles. The smallest absolute Gasteiger partial charge is 0.337 e. The molecular formula is C25H22N2O6S. The zero-order chi connectivity index (χ0) is 24.4. The molecule has 4 rings (SSSR count). The second kappa shape index (κ2) is 9.56. The summed E-state index contributed by atoms with van der Waals surface area (Å²) in [6, 6.07) is 13.9. The van der Waals surface area contributed by atoms with Crippen LogP contribution in [0.15, 0.2) is 59.6 Å². The van der Waals surface area contributed by atoms with Crippen molar-refractivity contribution in [2.75, 3.05) is 14.2 Å². The maximum absolute atomic E-state index is 12.9. The number of hydrogen-bond donors (Lipinski definition) is 0. The Morgan fingerprint density at radius 1 is 1.06 bits per heavy atom. The number of benzene rings is 2. The number of imide groups is 1. The Bertz CT molecular complexity index is 1340. The molecule has 8 nitrogen and oxygen atoms in total. The molecule has 1 aromatic heterocycles. The number of carbonyl (C=O) groups is 4. The molecule has 1 saturated heterocycles. The summed E-state index contributed by atoms with van der Waals surface area (Å²) in [5, 5.41) is 0.386. The average Bonchev–Trinajstić information content (AvgIpc) is 3.33. The predicted octanol–water partition coefficient (Wildman–Crippen LogP) is 4.07. The van der Waals surface area contributed by atoms with Gasteiger partial charge in [-0.25, -0.2) is 9.59 Å². The third-order valence-electron chi connectivity index (χ3n) is 5.56. The molecule has 2 amide bonds. The second-order valence-corrected chi connectivity index (χ2v) is 8.67. The highest BCUT2D eigenvalue weighted by molar-refractivity contribution is 8.18. The third-order valence-corrected chi connectivity index (χ3v) is 6.44. The van der Waals surface area contributed by atoms with Crippen LogP contribution in [-0.4, -0.2) is 52.8 Å². The highest BCUT2D eigenvalue weighted by Crippen LogP contribution is 2.35. The largest absolute Gasteiger partial charge is 0.467 e. The summed E-state index contributed by atoms with van der Waals surface area (Å²) in [6.45, 7) is 1.94. The molecule has 0 aliphatic carbocycles. The van der Waals surface area contributed by atoms with Crippen LogP contribution >= 0.6 is 11.8 Å². The molecule has 1 unspecified atom stereocenters. The number of para-hydroxylation sites is 1. The molecule has 3 aromatic rings. The van der Waals surface area contributed by atoms with Crippen LogP contribution in [0.5, 0.6) is 0 Å². The van der Waals surface area contributed by atoms with Crippen LogP contribution in [0.4, 0.5) is 4.79 Å². The monoisotopic (exact) mass is 478 g/mol. The van der Waals surface area contributed by atoms with Gasteiger partial charge in [0.2, 0.25) is 0 Å². The molecule has 1 atom stereocenters. The Balaban J connectivity index is 1.69. The Morgan fingerprint density at radius 2 is 1.82 bits per heavy atom. The van der Waals surface area contributed by atoms with E-state index < -0.39 is 29.1 Å². The van der Waals surface area contributed by atoms with E-state index in [2.05, 4.69) is 4.74 Å². The van der Waals surface area contributed by atoms with Gasteiger partial charge in [-0.2, -0.15) is 0 Å². The van der Waals surface area contributed by atoms with Crippen molar-refractivity contribution in [3.05, 3.63) is 76.3 Å². The second-order valence-electron chi connectivity index (χ2n) is 7.67. The van der Waals surface area contributed by atoms with E-state index in [9.17, 15) is 19.2 Å². The van der Waals surface area contributed by atoms with Crippen LogP contribution in [-0.2, 0) is 25.6 Å². The first kappa shape index (κ1) is 23.3. The molecule has 2 aromatic carbocycles. The van der Waals surface area contributed by atoms with Crippen molar-refractivity contribution in [3.63, 3.8) is 0 Å². The van der Waals surface area contributed by atoms with E-state index in [0.717, 1.165) is 38.7 Å². The summed E-state index contributed by atoms with van der Waals surface area (Å²) >= 11 is 0.792. The molecule has 34 heavy (non-hydrogen) atoms. The Morgan fingerprint density at radius 3 is 2.56 bits per heavy atom. The van der Waals surface area contributed by atoms with Gasteiger partial charge < -0.3 is 14.0 Å². The van der Waals surface area contributed by atoms with E-state index in [-0.39, 0.29) is 4.91 Å². The first-order valence-electron chi connectivity index (χ1n) is 10.4. The van der Waals surface area contributed by atoms with Crippen LogP contribution in [0, 0.1) is 0 Å². The van der Waals surface area contributed by atoms with Crippen molar-refractivity contribution in [1.29, 1.82) is 0 Å². The quantitative estimate of drug-likeness (QED) is 0.389. The molecule has 0 radical (unpaired) electrons. The maximum atomic E-state index is 12.9. The lowest BCUT2D eigenvalue weighted by molar-refractivity contribution is -0.148. The van der Waals surface area contributed by atoms with Gasteiger partial charge in [0.05, 0.1) is 24.7 Å². The van der Waals surface area contributed by atoms with Crippen LogP contribution in [0.2, 0.25) is 0 Å². The number of hydrogen-bond acceptors (Lipinski definition) is 7. The number of methoxy groups -OCH3 is 2. The van der Waals surface area contributed by atoms with Crippen molar-refractivity contribution in [1.82, 2.24) is 9.47 Å². The summed E-state index contributed by atoms with van der Waals surface area (Å²) in [7, 11) is 2.55. The molecule has 1 aliphatic rings. The van der Waals surface area contributed by atoms with Crippen molar-refractivity contribution < 1.29 is 28.7 Å². The number of nitrogens with zero attached hydrogens (tertiary/aromatic N) is 2. The number of fused-ring (bicyclic) bond motifs is 1. The number of rotatable bonds is 6. The Labute approximate surface area is 200 Å². The Hall–Kier alpha value is -3.85. The number of aromatic nitrogens is 1. The van der Waals surface area contributed by atoms with E-state index in [4.69, 9.17) is 4.74 Å². The summed E-state index contributed by atoms with van der Waals surface area (Å²) in [4.78, 5) is 50.3. The van der Waals surface area contributed by atoms with E-state index in [1.807, 2.05) is 41.1 Å². The van der Waals surface area contributed by atoms with Crippen LogP contribution < -0.4 is 0 Å². The molecule has 0 spiro atoms. The third kappa shape index (κ3) is 4.34. The molecule has 1 aliphatic heterocycles. The van der Waals surface area contributed by atoms with Crippen molar-refractivity contribution in [2.45, 2.75) is 19.5 Å². The van der Waals surface area contributed by atoms with E-state index in [0.29, 0.717) is 12.1 Å². The first-order chi connectivity index (χ1) is 16.3. The minimum Gasteiger partial charge on any atom is -0.467 e. The van der Waals surface area contributed by atoms with Crippen LogP contribution in [0.25, 0.3) is 17.0 Å². The van der Waals surface area contributed by atoms with Crippen molar-refractivity contribution in [3.8, 4) is 0 Å². The molecule has 1 fully saturated rings. The molecule has 0 N–H and O–H groups in total. The van der Waals surface area contributed by atoms with Crippen LogP contribution in [0.3, 0.4) is 0 Å². The minimum atomic E-state index is -1.01. The summed E-state index contributed by atoms with van der Waals surface area (Å²) < 4.78 is 11.5. The van der Waals surface area contributed by atoms with Crippen molar-refractivity contribution >= 4 is 51.8 Å². The van der Waals surface area contributed by atoms with Gasteiger partial charge in [0.25, 0.3) is 11.1 Å². The van der Waals surface area contributed by atoms with E-state index >= 15 is 0 Å². The fourth-order valence-corrected chi connectivity index (χ4v) is 4.76. The van der Waals surface area contributed by atoms with Gasteiger partial charge in [0.15, 0.2) is 0 Å². The SMILES string of the molecule is COC(=O)c1cccc(Cn2cc(C=C3SC(=O)N(C(C)C(=O)OC)C3=O)c3ccccc32)c1. The highest BCUT2D eigenvalue weighted by Gasteiger charge is 2.41. The lowest BCUT2D eigenvalue weighted by Crippen LogP contribution is -2.42. The highest BCUT2D eigenvalue weighted by atomic mass is 32.2. The van der Waals surface area contributed by atoms with Gasteiger partial charge >= 0.3 is 11.9 Å². The average molecular weight is 479 g/mol. The number of carbonyl (C=O) groups excluding carboxylic acids is 4. The first-order valence-corrected chi connectivity index (χ1v) is 11.3. The normalized spacial score (nSPS) is 15.7. The zero-order valence-corrected chi connectivity index (χ0v) is 19.6. The predicted molar refractivity (Wildman–Crippen MR) is 128 cm³/mol. The van der Waals surface area contributed by atoms with Gasteiger partial charge in [-0.3, -0.25) is 14.5 Å². The van der Waals surface area contributed by atoms with Gasteiger partial charge in [-0.1, -0.05) is 30.3 Å². The molecule has 174 valence electrons. The summed E-state index contributed by atoms with van der Waals surface area (Å²) in [5.41, 5.74) is 3.06. The molecule has 9 heteroatoms. The summed E-state index contributed by atoms with van der Waals surface area (Å²) in [5.74, 6) is -1.60. The number of amides is 2. The molecule has 0 bridgehead atoms. The van der Waals surface area contributed by atoms with Gasteiger partial charge in [0.1, 0.15) is 6.04 Å². The summed E-state index contributed by atoms with van der Waals surface area (Å²) in [6.07, 6.45) is 3.56. The standard InChI is InChI=1S/C25H22N2O6S/c1-15(23(29)32-2)27-22(28)21(34-25(27)31)12-18-14-26(20-10-5-4-9-19(18)20)13-16-7-6-8-17(11-16)24(30)33-3/h4-12,14-15H,13H2,1-3H3. The van der Waals surface area contributed by atoms with Gasteiger partial charge in [-0.15, -0.1) is 0 Å². The van der Waals surface area contributed by atoms with E-state index in [1.165, 1.54) is 21.1 Å². The van der Waals surface area contributed by atoms with E-state index in [1.54, 1.807) is 24.3 Å². The number of esters is 2. The van der Waals surface area contributed by atoms with Crippen molar-refractivity contribution in [2.24, 2.45) is 0 Å². The maximum Gasteiger partial charge on any atom is 0.337 e. The van der Waals surface area contributed by atoms with Gasteiger partial charge in [0, 0.05) is 29.2 Å². The minimum absolute atomic E-state index is 0.233. The number of thioether (sulfide) groups is 1. The lowest BCUT2D eigenvalue weighted by Gasteiger charge is -2.18. The van der Waals surface area contributed by atoms with Gasteiger partial charge in [-0.05, 0) is 48.5 Å². The fraction of sp³-hybridized carbons (Fsp3) is 0.200.